The zero-order valence-corrected chi connectivity index (χ0v) is 8.82. The maximum absolute atomic E-state index is 11.2. The Morgan fingerprint density at radius 3 is 2.27 bits per heavy atom. The van der Waals surface area contributed by atoms with E-state index in [1.165, 1.54) is 12.1 Å². The second-order valence-electron chi connectivity index (χ2n) is 3.36. The van der Waals surface area contributed by atoms with E-state index in [2.05, 4.69) is 5.32 Å². The van der Waals surface area contributed by atoms with Crippen molar-refractivity contribution >= 4 is 5.97 Å². The normalized spacial score (nSPS) is 14.5. The standard InChI is InChI=1S/C11H15NO3/c1-3-11(12-2,10(14)15)8-4-6-9(13)7-5-8/h4-7,12-13H,3H2,1-2H3,(H,14,15). The summed E-state index contributed by atoms with van der Waals surface area (Å²) < 4.78 is 0. The minimum Gasteiger partial charge on any atom is -0.508 e. The van der Waals surface area contributed by atoms with Gasteiger partial charge in [0.25, 0.3) is 0 Å². The number of aromatic hydroxyl groups is 1. The minimum absolute atomic E-state index is 0.130. The van der Waals surface area contributed by atoms with E-state index in [1.54, 1.807) is 26.1 Å². The van der Waals surface area contributed by atoms with Crippen LogP contribution < -0.4 is 5.32 Å². The van der Waals surface area contributed by atoms with Crippen LogP contribution in [0.5, 0.6) is 5.75 Å². The molecule has 0 fully saturated rings. The number of carboxylic acids is 1. The van der Waals surface area contributed by atoms with Gasteiger partial charge in [0.15, 0.2) is 0 Å². The number of benzene rings is 1. The number of hydrogen-bond acceptors (Lipinski definition) is 3. The lowest BCUT2D eigenvalue weighted by Crippen LogP contribution is -2.46. The topological polar surface area (TPSA) is 69.6 Å². The number of aliphatic carboxylic acids is 1. The van der Waals surface area contributed by atoms with E-state index in [0.717, 1.165) is 0 Å². The van der Waals surface area contributed by atoms with Crippen LogP contribution in [0.15, 0.2) is 24.3 Å². The summed E-state index contributed by atoms with van der Waals surface area (Å²) in [6, 6.07) is 6.20. The third kappa shape index (κ3) is 1.94. The molecular weight excluding hydrogens is 194 g/mol. The summed E-state index contributed by atoms with van der Waals surface area (Å²) in [4.78, 5) is 11.2. The molecule has 0 aliphatic heterocycles. The van der Waals surface area contributed by atoms with Gasteiger partial charge in [-0.1, -0.05) is 19.1 Å². The zero-order valence-electron chi connectivity index (χ0n) is 8.82. The van der Waals surface area contributed by atoms with Gasteiger partial charge in [0.1, 0.15) is 11.3 Å². The first-order chi connectivity index (χ1) is 7.06. The second-order valence-corrected chi connectivity index (χ2v) is 3.36. The molecule has 0 aliphatic rings. The first-order valence-corrected chi connectivity index (χ1v) is 4.78. The molecule has 4 nitrogen and oxygen atoms in total. The molecule has 0 aliphatic carbocycles. The molecule has 15 heavy (non-hydrogen) atoms. The second kappa shape index (κ2) is 4.31. The fourth-order valence-electron chi connectivity index (χ4n) is 1.65. The molecule has 1 atom stereocenters. The molecule has 1 unspecified atom stereocenters. The maximum Gasteiger partial charge on any atom is 0.328 e. The highest BCUT2D eigenvalue weighted by Crippen LogP contribution is 2.26. The van der Waals surface area contributed by atoms with Gasteiger partial charge < -0.3 is 15.5 Å². The van der Waals surface area contributed by atoms with E-state index in [0.29, 0.717) is 12.0 Å². The zero-order chi connectivity index (χ0) is 11.5. The van der Waals surface area contributed by atoms with Gasteiger partial charge in [-0.05, 0) is 31.2 Å². The molecule has 0 radical (unpaired) electrons. The van der Waals surface area contributed by atoms with Crippen molar-refractivity contribution in [3.8, 4) is 5.75 Å². The molecular formula is C11H15NO3. The Morgan fingerprint density at radius 1 is 1.40 bits per heavy atom. The fourth-order valence-corrected chi connectivity index (χ4v) is 1.65. The first-order valence-electron chi connectivity index (χ1n) is 4.78. The van der Waals surface area contributed by atoms with E-state index >= 15 is 0 Å². The lowest BCUT2D eigenvalue weighted by Gasteiger charge is -2.28. The van der Waals surface area contributed by atoms with Crippen molar-refractivity contribution < 1.29 is 15.0 Å². The van der Waals surface area contributed by atoms with Crippen molar-refractivity contribution in [2.24, 2.45) is 0 Å². The third-order valence-corrected chi connectivity index (χ3v) is 2.68. The van der Waals surface area contributed by atoms with Gasteiger partial charge in [-0.3, -0.25) is 0 Å². The Balaban J connectivity index is 3.20. The number of carbonyl (C=O) groups is 1. The lowest BCUT2D eigenvalue weighted by atomic mass is 9.87. The van der Waals surface area contributed by atoms with Crippen LogP contribution in [0.4, 0.5) is 0 Å². The van der Waals surface area contributed by atoms with E-state index in [1.807, 2.05) is 0 Å². The van der Waals surface area contributed by atoms with E-state index in [4.69, 9.17) is 5.11 Å². The van der Waals surface area contributed by atoms with E-state index in [9.17, 15) is 9.90 Å². The van der Waals surface area contributed by atoms with Crippen molar-refractivity contribution in [1.82, 2.24) is 5.32 Å². The first kappa shape index (κ1) is 11.5. The van der Waals surface area contributed by atoms with Crippen molar-refractivity contribution in [2.45, 2.75) is 18.9 Å². The van der Waals surface area contributed by atoms with Crippen LogP contribution in [0.2, 0.25) is 0 Å². The molecule has 3 N–H and O–H groups in total. The van der Waals surface area contributed by atoms with Gasteiger partial charge in [-0.25, -0.2) is 4.79 Å². The number of nitrogens with one attached hydrogen (secondary N) is 1. The van der Waals surface area contributed by atoms with Gasteiger partial charge in [-0.15, -0.1) is 0 Å². The highest BCUT2D eigenvalue weighted by Gasteiger charge is 2.36. The summed E-state index contributed by atoms with van der Waals surface area (Å²) in [7, 11) is 1.62. The van der Waals surface area contributed by atoms with Crippen LogP contribution in [-0.2, 0) is 10.3 Å². The smallest absolute Gasteiger partial charge is 0.328 e. The van der Waals surface area contributed by atoms with Crippen LogP contribution in [0.3, 0.4) is 0 Å². The molecule has 0 aromatic heterocycles. The van der Waals surface area contributed by atoms with E-state index < -0.39 is 11.5 Å². The molecule has 1 rings (SSSR count). The van der Waals surface area contributed by atoms with Crippen LogP contribution in [0.1, 0.15) is 18.9 Å². The summed E-state index contributed by atoms with van der Waals surface area (Å²) in [6.07, 6.45) is 0.434. The molecule has 0 amide bonds. The predicted octanol–water partition coefficient (Wildman–Crippen LogP) is 1.30. The highest BCUT2D eigenvalue weighted by atomic mass is 16.4. The summed E-state index contributed by atoms with van der Waals surface area (Å²) in [5.74, 6) is -0.788. The quantitative estimate of drug-likeness (QED) is 0.699. The predicted molar refractivity (Wildman–Crippen MR) is 56.8 cm³/mol. The van der Waals surface area contributed by atoms with Crippen molar-refractivity contribution in [2.75, 3.05) is 7.05 Å². The monoisotopic (exact) mass is 209 g/mol. The summed E-state index contributed by atoms with van der Waals surface area (Å²) >= 11 is 0. The maximum atomic E-state index is 11.2. The number of hydrogen-bond donors (Lipinski definition) is 3. The molecule has 4 heteroatoms. The molecule has 1 aromatic carbocycles. The van der Waals surface area contributed by atoms with Gasteiger partial charge >= 0.3 is 5.97 Å². The van der Waals surface area contributed by atoms with Crippen LogP contribution in [0.25, 0.3) is 0 Å². The van der Waals surface area contributed by atoms with Gasteiger partial charge in [-0.2, -0.15) is 0 Å². The average molecular weight is 209 g/mol. The summed E-state index contributed by atoms with van der Waals surface area (Å²) in [5, 5.41) is 21.2. The van der Waals surface area contributed by atoms with Crippen LogP contribution in [0, 0.1) is 0 Å². The Labute approximate surface area is 88.6 Å². The fraction of sp³-hybridized carbons (Fsp3) is 0.364. The molecule has 0 saturated heterocycles. The Hall–Kier alpha value is -1.55. The van der Waals surface area contributed by atoms with Gasteiger partial charge in [0.05, 0.1) is 0 Å². The summed E-state index contributed by atoms with van der Waals surface area (Å²) in [5.41, 5.74) is -0.439. The highest BCUT2D eigenvalue weighted by molar-refractivity contribution is 5.80. The van der Waals surface area contributed by atoms with Crippen LogP contribution in [-0.4, -0.2) is 23.2 Å². The Kier molecular flexibility index (Phi) is 3.31. The number of rotatable bonds is 4. The van der Waals surface area contributed by atoms with E-state index in [-0.39, 0.29) is 5.75 Å². The third-order valence-electron chi connectivity index (χ3n) is 2.68. The number of phenolic OH excluding ortho intramolecular Hbond substituents is 1. The molecule has 0 bridgehead atoms. The average Bonchev–Trinajstić information content (AvgIpc) is 2.22. The van der Waals surface area contributed by atoms with Gasteiger partial charge in [0.2, 0.25) is 0 Å². The molecule has 82 valence electrons. The number of likely N-dealkylation sites (N-methyl/N-ethyl adjacent to an activating group) is 1. The molecule has 0 heterocycles. The number of phenols is 1. The molecule has 0 saturated carbocycles. The van der Waals surface area contributed by atoms with Crippen molar-refractivity contribution in [3.63, 3.8) is 0 Å². The lowest BCUT2D eigenvalue weighted by molar-refractivity contribution is -0.145. The number of carboxylic acid groups (broad SMARTS) is 1. The molecule has 1 aromatic rings. The largest absolute Gasteiger partial charge is 0.508 e. The molecule has 0 spiro atoms. The Bertz CT molecular complexity index is 341. The van der Waals surface area contributed by atoms with Crippen molar-refractivity contribution in [1.29, 1.82) is 0 Å². The SMILES string of the molecule is CCC(NC)(C(=O)O)c1ccc(O)cc1. The van der Waals surface area contributed by atoms with Gasteiger partial charge in [0, 0.05) is 0 Å². The van der Waals surface area contributed by atoms with Crippen molar-refractivity contribution in [3.05, 3.63) is 29.8 Å². The van der Waals surface area contributed by atoms with Crippen LogP contribution >= 0.6 is 0 Å². The Morgan fingerprint density at radius 2 is 1.93 bits per heavy atom. The summed E-state index contributed by atoms with van der Waals surface area (Å²) in [6.45, 7) is 1.80. The minimum atomic E-state index is -1.08.